The predicted molar refractivity (Wildman–Crippen MR) is 69.0 cm³/mol. The minimum atomic E-state index is 0.0841. The van der Waals surface area contributed by atoms with Crippen molar-refractivity contribution in [2.45, 2.75) is 6.04 Å². The van der Waals surface area contributed by atoms with Crippen molar-refractivity contribution in [1.82, 2.24) is 10.6 Å². The molecule has 0 spiro atoms. The Balaban J connectivity index is 2.62. The molecular formula is C12H18N4. The molecule has 4 nitrogen and oxygen atoms in total. The van der Waals surface area contributed by atoms with Gasteiger partial charge in [-0.2, -0.15) is 0 Å². The van der Waals surface area contributed by atoms with Crippen molar-refractivity contribution in [1.29, 1.82) is 0 Å². The van der Waals surface area contributed by atoms with Gasteiger partial charge < -0.3 is 16.4 Å². The molecule has 86 valence electrons. The van der Waals surface area contributed by atoms with Gasteiger partial charge in [-0.3, -0.25) is 0 Å². The molecule has 0 saturated heterocycles. The third-order valence-corrected chi connectivity index (χ3v) is 2.13. The highest BCUT2D eigenvalue weighted by atomic mass is 15.1. The maximum atomic E-state index is 5.65. The first kappa shape index (κ1) is 12.3. The summed E-state index contributed by atoms with van der Waals surface area (Å²) in [6.07, 6.45) is 11.1. The number of nitrogens with one attached hydrogen (secondary N) is 2. The van der Waals surface area contributed by atoms with E-state index in [4.69, 9.17) is 5.73 Å². The number of hydrogen-bond acceptors (Lipinski definition) is 4. The molecule has 1 aliphatic rings. The average molecular weight is 218 g/mol. The van der Waals surface area contributed by atoms with Crippen LogP contribution in [0.1, 0.15) is 0 Å². The number of hydrogen-bond donors (Lipinski definition) is 3. The Morgan fingerprint density at radius 2 is 2.50 bits per heavy atom. The summed E-state index contributed by atoms with van der Waals surface area (Å²) in [5.41, 5.74) is 6.72. The van der Waals surface area contributed by atoms with Gasteiger partial charge in [0.1, 0.15) is 5.82 Å². The maximum Gasteiger partial charge on any atom is 0.126 e. The SMILES string of the molecule is C=C/C=C\C=C1/N=CC(/C(=C/NC)CN)N1. The van der Waals surface area contributed by atoms with Crippen molar-refractivity contribution in [2.75, 3.05) is 13.6 Å². The van der Waals surface area contributed by atoms with E-state index in [0.717, 1.165) is 11.4 Å². The molecule has 0 radical (unpaired) electrons. The fraction of sp³-hybridized carbons (Fsp3) is 0.250. The van der Waals surface area contributed by atoms with E-state index in [-0.39, 0.29) is 6.04 Å². The number of rotatable bonds is 5. The van der Waals surface area contributed by atoms with Gasteiger partial charge in [0.15, 0.2) is 0 Å². The highest BCUT2D eigenvalue weighted by Crippen LogP contribution is 2.08. The minimum absolute atomic E-state index is 0.0841. The van der Waals surface area contributed by atoms with E-state index >= 15 is 0 Å². The molecule has 1 unspecified atom stereocenters. The van der Waals surface area contributed by atoms with Gasteiger partial charge in [0.25, 0.3) is 0 Å². The topological polar surface area (TPSA) is 62.4 Å². The lowest BCUT2D eigenvalue weighted by molar-refractivity contribution is 0.795. The van der Waals surface area contributed by atoms with Crippen molar-refractivity contribution in [3.05, 3.63) is 48.5 Å². The van der Waals surface area contributed by atoms with E-state index in [9.17, 15) is 0 Å². The molecule has 0 amide bonds. The highest BCUT2D eigenvalue weighted by molar-refractivity contribution is 5.73. The molecule has 4 heteroatoms. The zero-order valence-electron chi connectivity index (χ0n) is 9.48. The van der Waals surface area contributed by atoms with Gasteiger partial charge in [0, 0.05) is 19.8 Å². The number of nitrogens with two attached hydrogens (primary N) is 1. The molecule has 16 heavy (non-hydrogen) atoms. The van der Waals surface area contributed by atoms with Crippen molar-refractivity contribution >= 4 is 6.21 Å². The molecule has 0 bridgehead atoms. The standard InChI is InChI=1S/C12H18N4/c1-3-4-5-6-12-15-9-11(16-12)10(7-13)8-14-2/h3-6,8-9,11,14,16H,1,7,13H2,2H3/b5-4-,10-8+,12-6+. The molecule has 4 N–H and O–H groups in total. The predicted octanol–water partition coefficient (Wildman–Crippen LogP) is 0.675. The van der Waals surface area contributed by atoms with Gasteiger partial charge in [-0.1, -0.05) is 24.8 Å². The summed E-state index contributed by atoms with van der Waals surface area (Å²) in [5.74, 6) is 0.832. The lowest BCUT2D eigenvalue weighted by atomic mass is 10.1. The van der Waals surface area contributed by atoms with Crippen LogP contribution in [-0.4, -0.2) is 25.8 Å². The second-order valence-electron chi connectivity index (χ2n) is 3.28. The fourth-order valence-electron chi connectivity index (χ4n) is 1.35. The van der Waals surface area contributed by atoms with Crippen LogP contribution in [0.25, 0.3) is 0 Å². The van der Waals surface area contributed by atoms with E-state index in [1.54, 1.807) is 6.08 Å². The van der Waals surface area contributed by atoms with Crippen molar-refractivity contribution in [3.63, 3.8) is 0 Å². The molecular weight excluding hydrogens is 200 g/mol. The van der Waals surface area contributed by atoms with Crippen LogP contribution in [0.2, 0.25) is 0 Å². The third kappa shape index (κ3) is 3.40. The Morgan fingerprint density at radius 3 is 3.12 bits per heavy atom. The molecule has 0 saturated carbocycles. The first-order chi connectivity index (χ1) is 7.81. The van der Waals surface area contributed by atoms with Gasteiger partial charge in [0.2, 0.25) is 0 Å². The van der Waals surface area contributed by atoms with Gasteiger partial charge in [0.05, 0.1) is 6.04 Å². The molecule has 0 aromatic heterocycles. The van der Waals surface area contributed by atoms with Gasteiger partial charge in [-0.25, -0.2) is 4.99 Å². The van der Waals surface area contributed by atoms with Crippen molar-refractivity contribution in [3.8, 4) is 0 Å². The van der Waals surface area contributed by atoms with Crippen LogP contribution in [0.3, 0.4) is 0 Å². The third-order valence-electron chi connectivity index (χ3n) is 2.13. The molecule has 0 aliphatic carbocycles. The molecule has 1 aliphatic heterocycles. The molecule has 0 aromatic rings. The number of allylic oxidation sites excluding steroid dienone is 4. The average Bonchev–Trinajstić information content (AvgIpc) is 2.75. The van der Waals surface area contributed by atoms with Crippen molar-refractivity contribution < 1.29 is 0 Å². The molecule has 1 rings (SSSR count). The van der Waals surface area contributed by atoms with Crippen LogP contribution in [0.4, 0.5) is 0 Å². The van der Waals surface area contributed by atoms with E-state index in [1.807, 2.05) is 37.7 Å². The number of aliphatic imine (C=N–C) groups is 1. The molecule has 0 fully saturated rings. The summed E-state index contributed by atoms with van der Waals surface area (Å²) in [7, 11) is 1.85. The Morgan fingerprint density at radius 1 is 1.69 bits per heavy atom. The van der Waals surface area contributed by atoms with Gasteiger partial charge in [-0.15, -0.1) is 0 Å². The minimum Gasteiger partial charge on any atom is -0.394 e. The Bertz CT molecular complexity index is 350. The van der Waals surface area contributed by atoms with E-state index in [0.29, 0.717) is 6.54 Å². The zero-order chi connectivity index (χ0) is 11.8. The molecule has 1 heterocycles. The van der Waals surface area contributed by atoms with Crippen LogP contribution in [0.5, 0.6) is 0 Å². The maximum absolute atomic E-state index is 5.65. The second-order valence-corrected chi connectivity index (χ2v) is 3.28. The quantitative estimate of drug-likeness (QED) is 0.594. The summed E-state index contributed by atoms with van der Waals surface area (Å²) < 4.78 is 0. The van der Waals surface area contributed by atoms with Crippen LogP contribution >= 0.6 is 0 Å². The summed E-state index contributed by atoms with van der Waals surface area (Å²) in [5, 5.41) is 6.22. The Labute approximate surface area is 96.3 Å². The lowest BCUT2D eigenvalue weighted by Gasteiger charge is -2.12. The summed E-state index contributed by atoms with van der Waals surface area (Å²) in [6.45, 7) is 4.10. The first-order valence-electron chi connectivity index (χ1n) is 5.18. The fourth-order valence-corrected chi connectivity index (χ4v) is 1.35. The van der Waals surface area contributed by atoms with Crippen LogP contribution in [0.15, 0.2) is 53.5 Å². The van der Waals surface area contributed by atoms with Crippen LogP contribution in [0, 0.1) is 0 Å². The van der Waals surface area contributed by atoms with Gasteiger partial charge >= 0.3 is 0 Å². The normalized spacial score (nSPS) is 22.8. The summed E-state index contributed by atoms with van der Waals surface area (Å²) >= 11 is 0. The summed E-state index contributed by atoms with van der Waals surface area (Å²) in [6, 6.07) is 0.0841. The lowest BCUT2D eigenvalue weighted by Crippen LogP contribution is -2.30. The molecule has 1 atom stereocenters. The molecule has 0 aromatic carbocycles. The van der Waals surface area contributed by atoms with Crippen LogP contribution in [-0.2, 0) is 0 Å². The number of nitrogens with zero attached hydrogens (tertiary/aromatic N) is 1. The Hall–Kier alpha value is -1.81. The first-order valence-corrected chi connectivity index (χ1v) is 5.18. The zero-order valence-corrected chi connectivity index (χ0v) is 9.48. The summed E-state index contributed by atoms with van der Waals surface area (Å²) in [4.78, 5) is 4.26. The van der Waals surface area contributed by atoms with Gasteiger partial charge in [-0.05, 0) is 17.8 Å². The van der Waals surface area contributed by atoms with E-state index in [1.165, 1.54) is 0 Å². The second kappa shape index (κ2) is 6.63. The van der Waals surface area contributed by atoms with Crippen molar-refractivity contribution in [2.24, 2.45) is 10.7 Å². The Kier molecular flexibility index (Phi) is 5.08. The monoisotopic (exact) mass is 218 g/mol. The van der Waals surface area contributed by atoms with E-state index in [2.05, 4.69) is 22.2 Å². The largest absolute Gasteiger partial charge is 0.394 e. The highest BCUT2D eigenvalue weighted by Gasteiger charge is 2.16. The smallest absolute Gasteiger partial charge is 0.126 e. The van der Waals surface area contributed by atoms with E-state index < -0.39 is 0 Å². The van der Waals surface area contributed by atoms with Crippen LogP contribution < -0.4 is 16.4 Å².